The molecular weight excluding hydrogens is 339 g/mol. The van der Waals surface area contributed by atoms with Gasteiger partial charge in [0.2, 0.25) is 0 Å². The number of carbonyl (C=O) groups is 1. The van der Waals surface area contributed by atoms with Gasteiger partial charge in [0, 0.05) is 5.56 Å². The third kappa shape index (κ3) is 4.16. The maximum Gasteiger partial charge on any atom is 0.264 e. The Morgan fingerprint density at radius 2 is 1.96 bits per heavy atom. The van der Waals surface area contributed by atoms with E-state index in [2.05, 4.69) is 16.9 Å². The predicted octanol–water partition coefficient (Wildman–Crippen LogP) is 4.28. The highest BCUT2D eigenvalue weighted by Gasteiger charge is 2.24. The third-order valence-electron chi connectivity index (χ3n) is 3.29. The van der Waals surface area contributed by atoms with E-state index in [0.717, 1.165) is 17.3 Å². The second kappa shape index (κ2) is 7.81. The molecule has 1 amide bonds. The molecular formula is C19H15FN2O2S. The number of hydrogen-bond acceptors (Lipinski definition) is 4. The Kier molecular flexibility index (Phi) is 5.30. The van der Waals surface area contributed by atoms with Gasteiger partial charge in [0.25, 0.3) is 5.91 Å². The van der Waals surface area contributed by atoms with E-state index in [1.807, 2.05) is 24.3 Å². The molecule has 1 saturated heterocycles. The molecule has 25 heavy (non-hydrogen) atoms. The lowest BCUT2D eigenvalue weighted by Crippen LogP contribution is -2.19. The third-order valence-corrected chi connectivity index (χ3v) is 4.20. The molecule has 1 heterocycles. The summed E-state index contributed by atoms with van der Waals surface area (Å²) in [6.45, 7) is 4.00. The van der Waals surface area contributed by atoms with Crippen molar-refractivity contribution in [3.8, 4) is 5.75 Å². The van der Waals surface area contributed by atoms with Gasteiger partial charge >= 0.3 is 0 Å². The van der Waals surface area contributed by atoms with Gasteiger partial charge in [-0.05, 0) is 36.0 Å². The van der Waals surface area contributed by atoms with Gasteiger partial charge in [-0.1, -0.05) is 43.0 Å². The standard InChI is InChI=1S/C19H15FN2O2S/c1-2-11-24-16-10-6-3-7-13(16)12-17-18(23)22-19(25-17)21-15-9-5-4-8-14(15)20/h2-10,12H,1,11H2,(H,21,22,23)/b17-12-. The highest BCUT2D eigenvalue weighted by Crippen LogP contribution is 2.31. The molecule has 0 aliphatic carbocycles. The molecule has 0 atom stereocenters. The minimum atomic E-state index is -0.439. The van der Waals surface area contributed by atoms with Gasteiger partial charge in [0.15, 0.2) is 5.17 Å². The summed E-state index contributed by atoms with van der Waals surface area (Å²) < 4.78 is 19.3. The number of nitrogens with zero attached hydrogens (tertiary/aromatic N) is 1. The van der Waals surface area contributed by atoms with Gasteiger partial charge in [0.1, 0.15) is 23.9 Å². The SMILES string of the molecule is C=CCOc1ccccc1/C=C1\SC(=Nc2ccccc2F)NC1=O. The van der Waals surface area contributed by atoms with Crippen LogP contribution >= 0.6 is 11.8 Å². The van der Waals surface area contributed by atoms with Crippen LogP contribution in [-0.4, -0.2) is 17.7 Å². The fourth-order valence-electron chi connectivity index (χ4n) is 2.15. The highest BCUT2D eigenvalue weighted by atomic mass is 32.2. The second-order valence-electron chi connectivity index (χ2n) is 5.07. The first-order chi connectivity index (χ1) is 12.2. The Hall–Kier alpha value is -2.86. The van der Waals surface area contributed by atoms with Gasteiger partial charge in [-0.3, -0.25) is 4.79 Å². The van der Waals surface area contributed by atoms with Crippen molar-refractivity contribution in [2.45, 2.75) is 0 Å². The molecule has 126 valence electrons. The van der Waals surface area contributed by atoms with Crippen LogP contribution in [0, 0.1) is 5.82 Å². The number of aliphatic imine (C=N–C) groups is 1. The van der Waals surface area contributed by atoms with Crippen molar-refractivity contribution in [2.24, 2.45) is 4.99 Å². The molecule has 6 heteroatoms. The zero-order valence-corrected chi connectivity index (χ0v) is 14.1. The molecule has 3 rings (SSSR count). The van der Waals surface area contributed by atoms with Crippen molar-refractivity contribution in [2.75, 3.05) is 6.61 Å². The van der Waals surface area contributed by atoms with Gasteiger partial charge < -0.3 is 10.1 Å². The topological polar surface area (TPSA) is 50.7 Å². The monoisotopic (exact) mass is 354 g/mol. The fraction of sp³-hybridized carbons (Fsp3) is 0.0526. The van der Waals surface area contributed by atoms with Crippen molar-refractivity contribution in [1.29, 1.82) is 0 Å². The first kappa shape index (κ1) is 17.0. The van der Waals surface area contributed by atoms with E-state index in [1.165, 1.54) is 6.07 Å². The molecule has 1 N–H and O–H groups in total. The largest absolute Gasteiger partial charge is 0.489 e. The van der Waals surface area contributed by atoms with E-state index in [-0.39, 0.29) is 11.6 Å². The van der Waals surface area contributed by atoms with Crippen molar-refractivity contribution in [3.63, 3.8) is 0 Å². The van der Waals surface area contributed by atoms with Crippen LogP contribution in [0.25, 0.3) is 6.08 Å². The number of rotatable bonds is 5. The van der Waals surface area contributed by atoms with E-state index >= 15 is 0 Å². The van der Waals surface area contributed by atoms with Crippen LogP contribution in [0.1, 0.15) is 5.56 Å². The summed E-state index contributed by atoms with van der Waals surface area (Å²) in [4.78, 5) is 16.8. The molecule has 0 spiro atoms. The molecule has 0 unspecified atom stereocenters. The van der Waals surface area contributed by atoms with E-state index in [1.54, 1.807) is 30.4 Å². The molecule has 0 bridgehead atoms. The average molecular weight is 354 g/mol. The molecule has 2 aromatic rings. The number of amidine groups is 1. The summed E-state index contributed by atoms with van der Waals surface area (Å²) in [5.41, 5.74) is 0.954. The minimum Gasteiger partial charge on any atom is -0.489 e. The number of nitrogens with one attached hydrogen (secondary N) is 1. The average Bonchev–Trinajstić information content (AvgIpc) is 2.95. The van der Waals surface area contributed by atoms with Crippen LogP contribution in [0.2, 0.25) is 0 Å². The molecule has 0 aromatic heterocycles. The second-order valence-corrected chi connectivity index (χ2v) is 6.10. The number of amides is 1. The van der Waals surface area contributed by atoms with E-state index in [4.69, 9.17) is 4.74 Å². The van der Waals surface area contributed by atoms with Gasteiger partial charge in [-0.25, -0.2) is 9.38 Å². The van der Waals surface area contributed by atoms with Gasteiger partial charge in [-0.15, -0.1) is 0 Å². The predicted molar refractivity (Wildman–Crippen MR) is 99.3 cm³/mol. The number of para-hydroxylation sites is 2. The normalized spacial score (nSPS) is 16.9. The first-order valence-electron chi connectivity index (χ1n) is 7.54. The van der Waals surface area contributed by atoms with Crippen LogP contribution in [0.5, 0.6) is 5.75 Å². The Balaban J connectivity index is 1.85. The zero-order valence-electron chi connectivity index (χ0n) is 13.2. The Labute approximate surface area is 149 Å². The van der Waals surface area contributed by atoms with E-state index in [9.17, 15) is 9.18 Å². The maximum atomic E-state index is 13.7. The molecule has 0 saturated carbocycles. The molecule has 1 fully saturated rings. The maximum absolute atomic E-state index is 13.7. The minimum absolute atomic E-state index is 0.182. The lowest BCUT2D eigenvalue weighted by molar-refractivity contribution is -0.115. The molecule has 4 nitrogen and oxygen atoms in total. The number of carbonyl (C=O) groups excluding carboxylic acids is 1. The van der Waals surface area contributed by atoms with Crippen molar-refractivity contribution in [1.82, 2.24) is 5.32 Å². The number of benzene rings is 2. The Morgan fingerprint density at radius 3 is 2.76 bits per heavy atom. The Bertz CT molecular complexity index is 877. The number of hydrogen-bond donors (Lipinski definition) is 1. The summed E-state index contributed by atoms with van der Waals surface area (Å²) in [5, 5.41) is 2.98. The van der Waals surface area contributed by atoms with Crippen LogP contribution in [0.15, 0.2) is 71.1 Å². The molecule has 1 aliphatic rings. The molecule has 0 radical (unpaired) electrons. The quantitative estimate of drug-likeness (QED) is 0.644. The summed E-state index contributed by atoms with van der Waals surface area (Å²) in [6.07, 6.45) is 3.38. The van der Waals surface area contributed by atoms with Crippen LogP contribution in [-0.2, 0) is 4.79 Å². The highest BCUT2D eigenvalue weighted by molar-refractivity contribution is 8.18. The smallest absolute Gasteiger partial charge is 0.264 e. The number of halogens is 1. The summed E-state index contributed by atoms with van der Waals surface area (Å²) in [7, 11) is 0. The van der Waals surface area contributed by atoms with Gasteiger partial charge in [-0.2, -0.15) is 0 Å². The van der Waals surface area contributed by atoms with Crippen LogP contribution < -0.4 is 10.1 Å². The lowest BCUT2D eigenvalue weighted by Gasteiger charge is -2.06. The molecule has 2 aromatic carbocycles. The Morgan fingerprint density at radius 1 is 1.20 bits per heavy atom. The van der Waals surface area contributed by atoms with Crippen LogP contribution in [0.3, 0.4) is 0 Å². The number of ether oxygens (including phenoxy) is 1. The first-order valence-corrected chi connectivity index (χ1v) is 8.36. The van der Waals surface area contributed by atoms with Gasteiger partial charge in [0.05, 0.1) is 4.91 Å². The van der Waals surface area contributed by atoms with Crippen molar-refractivity contribution < 1.29 is 13.9 Å². The lowest BCUT2D eigenvalue weighted by atomic mass is 10.2. The van der Waals surface area contributed by atoms with Crippen LogP contribution in [0.4, 0.5) is 10.1 Å². The van der Waals surface area contributed by atoms with Crippen molar-refractivity contribution >= 4 is 34.6 Å². The summed E-state index contributed by atoms with van der Waals surface area (Å²) >= 11 is 1.16. The van der Waals surface area contributed by atoms with E-state index in [0.29, 0.717) is 22.4 Å². The zero-order chi connectivity index (χ0) is 17.6. The van der Waals surface area contributed by atoms with E-state index < -0.39 is 5.82 Å². The summed E-state index contributed by atoms with van der Waals surface area (Å²) in [6, 6.07) is 13.5. The summed E-state index contributed by atoms with van der Waals surface area (Å²) in [5.74, 6) is -0.0631. The molecule has 1 aliphatic heterocycles. The van der Waals surface area contributed by atoms with Crippen molar-refractivity contribution in [3.05, 3.63) is 77.5 Å². The number of thioether (sulfide) groups is 1. The fourth-order valence-corrected chi connectivity index (χ4v) is 2.98.